The number of carboxylic acids is 1. The summed E-state index contributed by atoms with van der Waals surface area (Å²) in [6, 6.07) is 3.97. The Morgan fingerprint density at radius 1 is 1.42 bits per heavy atom. The van der Waals surface area contributed by atoms with E-state index in [2.05, 4.69) is 6.92 Å². The number of thioether (sulfide) groups is 1. The Bertz CT molecular complexity index is 473. The largest absolute Gasteiger partial charge is 0.481 e. The number of hydrogen-bond acceptors (Lipinski definition) is 4. The average molecular weight is 282 g/mol. The molecular formula is C14H18O4S. The van der Waals surface area contributed by atoms with Crippen molar-refractivity contribution in [1.29, 1.82) is 0 Å². The molecule has 0 amide bonds. The fourth-order valence-corrected chi connectivity index (χ4v) is 3.35. The summed E-state index contributed by atoms with van der Waals surface area (Å²) in [5.41, 5.74) is 2.28. The van der Waals surface area contributed by atoms with Crippen LogP contribution >= 0.6 is 11.8 Å². The van der Waals surface area contributed by atoms with E-state index in [1.165, 1.54) is 11.8 Å². The van der Waals surface area contributed by atoms with Gasteiger partial charge >= 0.3 is 5.97 Å². The molecule has 2 rings (SSSR count). The van der Waals surface area contributed by atoms with Crippen molar-refractivity contribution < 1.29 is 19.4 Å². The summed E-state index contributed by atoms with van der Waals surface area (Å²) in [6.07, 6.45) is 1.98. The first-order valence-electron chi connectivity index (χ1n) is 6.35. The number of fused-ring (bicyclic) bond motifs is 1. The first kappa shape index (κ1) is 14.1. The predicted octanol–water partition coefficient (Wildman–Crippen LogP) is 3.38. The highest BCUT2D eigenvalue weighted by Crippen LogP contribution is 2.41. The van der Waals surface area contributed by atoms with Gasteiger partial charge in [0.2, 0.25) is 6.79 Å². The van der Waals surface area contributed by atoms with Crippen LogP contribution in [0.25, 0.3) is 0 Å². The molecule has 1 aromatic rings. The highest BCUT2D eigenvalue weighted by molar-refractivity contribution is 8.00. The second-order valence-corrected chi connectivity index (χ2v) is 5.74. The number of aryl methyl sites for hydroxylation is 1. The summed E-state index contributed by atoms with van der Waals surface area (Å²) in [4.78, 5) is 10.7. The molecule has 0 aliphatic carbocycles. The summed E-state index contributed by atoms with van der Waals surface area (Å²) in [7, 11) is 0. The monoisotopic (exact) mass is 282 g/mol. The third kappa shape index (κ3) is 3.35. The maximum absolute atomic E-state index is 10.7. The van der Waals surface area contributed by atoms with Crippen molar-refractivity contribution >= 4 is 17.7 Å². The van der Waals surface area contributed by atoms with Gasteiger partial charge in [0.15, 0.2) is 11.5 Å². The molecule has 1 unspecified atom stereocenters. The first-order chi connectivity index (χ1) is 9.11. The van der Waals surface area contributed by atoms with Crippen LogP contribution < -0.4 is 9.47 Å². The van der Waals surface area contributed by atoms with Crippen molar-refractivity contribution in [3.8, 4) is 11.5 Å². The summed E-state index contributed by atoms with van der Waals surface area (Å²) < 4.78 is 10.7. The maximum Gasteiger partial charge on any atom is 0.313 e. The third-order valence-electron chi connectivity index (χ3n) is 3.07. The van der Waals surface area contributed by atoms with Gasteiger partial charge in [0.1, 0.15) is 0 Å². The number of aliphatic carboxylic acids is 1. The van der Waals surface area contributed by atoms with Gasteiger partial charge in [-0.15, -0.1) is 11.8 Å². The number of carbonyl (C=O) groups is 1. The minimum absolute atomic E-state index is 0.124. The van der Waals surface area contributed by atoms with Gasteiger partial charge in [-0.2, -0.15) is 0 Å². The Hall–Kier alpha value is -1.36. The Labute approximate surface area is 117 Å². The van der Waals surface area contributed by atoms with E-state index in [1.54, 1.807) is 0 Å². The molecular weight excluding hydrogens is 264 g/mol. The number of hydrogen-bond donors (Lipinski definition) is 1. The second kappa shape index (κ2) is 6.19. The van der Waals surface area contributed by atoms with E-state index in [-0.39, 0.29) is 17.8 Å². The molecule has 0 saturated carbocycles. The zero-order chi connectivity index (χ0) is 13.8. The van der Waals surface area contributed by atoms with Gasteiger partial charge in [0.25, 0.3) is 0 Å². The van der Waals surface area contributed by atoms with E-state index in [1.807, 2.05) is 19.1 Å². The molecule has 0 fully saturated rings. The Morgan fingerprint density at radius 3 is 2.74 bits per heavy atom. The van der Waals surface area contributed by atoms with Crippen molar-refractivity contribution in [3.05, 3.63) is 23.3 Å². The molecule has 1 aliphatic rings. The lowest BCUT2D eigenvalue weighted by Gasteiger charge is -2.18. The Balaban J connectivity index is 2.22. The van der Waals surface area contributed by atoms with Crippen LogP contribution in [-0.2, 0) is 4.79 Å². The normalized spacial score (nSPS) is 14.4. The van der Waals surface area contributed by atoms with Gasteiger partial charge in [-0.3, -0.25) is 4.79 Å². The quantitative estimate of drug-likeness (QED) is 0.866. The van der Waals surface area contributed by atoms with Crippen LogP contribution in [0.4, 0.5) is 0 Å². The maximum atomic E-state index is 10.7. The average Bonchev–Trinajstić information content (AvgIpc) is 2.80. The van der Waals surface area contributed by atoms with Crippen LogP contribution in [0.2, 0.25) is 0 Å². The lowest BCUT2D eigenvalue weighted by Crippen LogP contribution is -2.04. The number of rotatable bonds is 6. The first-order valence-corrected chi connectivity index (χ1v) is 7.40. The van der Waals surface area contributed by atoms with Crippen LogP contribution in [0.5, 0.6) is 11.5 Å². The van der Waals surface area contributed by atoms with Gasteiger partial charge < -0.3 is 14.6 Å². The highest BCUT2D eigenvalue weighted by Gasteiger charge is 2.21. The van der Waals surface area contributed by atoms with E-state index in [9.17, 15) is 4.79 Å². The molecule has 1 aliphatic heterocycles. The van der Waals surface area contributed by atoms with E-state index >= 15 is 0 Å². The zero-order valence-corrected chi connectivity index (χ0v) is 12.0. The summed E-state index contributed by atoms with van der Waals surface area (Å²) in [5.74, 6) is 0.889. The molecule has 0 radical (unpaired) electrons. The van der Waals surface area contributed by atoms with Crippen LogP contribution in [0.1, 0.15) is 36.1 Å². The minimum Gasteiger partial charge on any atom is -0.481 e. The van der Waals surface area contributed by atoms with Gasteiger partial charge in [0.05, 0.1) is 5.75 Å². The van der Waals surface area contributed by atoms with Crippen molar-refractivity contribution in [3.63, 3.8) is 0 Å². The van der Waals surface area contributed by atoms with Crippen LogP contribution in [0, 0.1) is 6.92 Å². The van der Waals surface area contributed by atoms with Crippen molar-refractivity contribution in [1.82, 2.24) is 0 Å². The molecule has 104 valence electrons. The smallest absolute Gasteiger partial charge is 0.313 e. The molecule has 1 heterocycles. The van der Waals surface area contributed by atoms with Gasteiger partial charge in [-0.25, -0.2) is 0 Å². The fraction of sp³-hybridized carbons (Fsp3) is 0.500. The topological polar surface area (TPSA) is 55.8 Å². The predicted molar refractivity (Wildman–Crippen MR) is 75.0 cm³/mol. The van der Waals surface area contributed by atoms with Crippen molar-refractivity contribution in [2.24, 2.45) is 0 Å². The SMILES string of the molecule is CCCC(SCC(=O)O)c1cc2c(cc1C)OCO2. The fourth-order valence-electron chi connectivity index (χ4n) is 2.17. The van der Waals surface area contributed by atoms with Gasteiger partial charge in [0, 0.05) is 5.25 Å². The van der Waals surface area contributed by atoms with E-state index in [0.29, 0.717) is 0 Å². The zero-order valence-electron chi connectivity index (χ0n) is 11.1. The molecule has 1 aromatic carbocycles. The molecule has 0 bridgehead atoms. The number of benzene rings is 1. The molecule has 5 heteroatoms. The Morgan fingerprint density at radius 2 is 2.11 bits per heavy atom. The standard InChI is InChI=1S/C14H18O4S/c1-3-4-13(19-7-14(15)16)10-6-12-11(5-9(10)2)17-8-18-12/h5-6,13H,3-4,7-8H2,1-2H3,(H,15,16). The summed E-state index contributed by atoms with van der Waals surface area (Å²) in [5, 5.41) is 9.03. The van der Waals surface area contributed by atoms with Crippen LogP contribution in [0.3, 0.4) is 0 Å². The molecule has 0 aromatic heterocycles. The van der Waals surface area contributed by atoms with Gasteiger partial charge in [-0.05, 0) is 36.6 Å². The molecule has 1 atom stereocenters. The lowest BCUT2D eigenvalue weighted by atomic mass is 10.0. The number of carboxylic acid groups (broad SMARTS) is 1. The Kier molecular flexibility index (Phi) is 4.58. The molecule has 0 saturated heterocycles. The minimum atomic E-state index is -0.774. The highest BCUT2D eigenvalue weighted by atomic mass is 32.2. The lowest BCUT2D eigenvalue weighted by molar-refractivity contribution is -0.133. The van der Waals surface area contributed by atoms with E-state index in [0.717, 1.165) is 35.5 Å². The molecule has 1 N–H and O–H groups in total. The molecule has 4 nitrogen and oxygen atoms in total. The summed E-state index contributed by atoms with van der Waals surface area (Å²) >= 11 is 1.47. The van der Waals surface area contributed by atoms with E-state index < -0.39 is 5.97 Å². The van der Waals surface area contributed by atoms with E-state index in [4.69, 9.17) is 14.6 Å². The molecule has 0 spiro atoms. The number of ether oxygens (including phenoxy) is 2. The third-order valence-corrected chi connectivity index (χ3v) is 4.37. The summed E-state index contributed by atoms with van der Waals surface area (Å²) in [6.45, 7) is 4.40. The van der Waals surface area contributed by atoms with Crippen molar-refractivity contribution in [2.45, 2.75) is 31.9 Å². The van der Waals surface area contributed by atoms with Crippen LogP contribution in [-0.4, -0.2) is 23.6 Å². The second-order valence-electron chi connectivity index (χ2n) is 4.54. The van der Waals surface area contributed by atoms with Crippen LogP contribution in [0.15, 0.2) is 12.1 Å². The van der Waals surface area contributed by atoms with Crippen molar-refractivity contribution in [2.75, 3.05) is 12.5 Å². The van der Waals surface area contributed by atoms with Gasteiger partial charge in [-0.1, -0.05) is 13.3 Å². The molecule has 19 heavy (non-hydrogen) atoms.